The molecule has 0 bridgehead atoms. The number of rotatable bonds is 3. The molecular weight excluding hydrogens is 244 g/mol. The molecule has 0 radical (unpaired) electrons. The van der Waals surface area contributed by atoms with Gasteiger partial charge in [0.2, 0.25) is 0 Å². The molecule has 1 saturated heterocycles. The molecular formula is C14H20N2O3. The van der Waals surface area contributed by atoms with Crippen LogP contribution in [0.3, 0.4) is 0 Å². The summed E-state index contributed by atoms with van der Waals surface area (Å²) < 4.78 is 0. The Labute approximate surface area is 112 Å². The normalized spacial score (nSPS) is 20.8. The van der Waals surface area contributed by atoms with E-state index in [2.05, 4.69) is 10.6 Å². The van der Waals surface area contributed by atoms with Crippen LogP contribution in [0.4, 0.5) is 0 Å². The van der Waals surface area contributed by atoms with Crippen LogP contribution in [0.25, 0.3) is 0 Å². The van der Waals surface area contributed by atoms with E-state index in [4.69, 9.17) is 0 Å². The molecule has 1 amide bonds. The zero-order valence-corrected chi connectivity index (χ0v) is 11.0. The lowest BCUT2D eigenvalue weighted by Gasteiger charge is -2.29. The highest BCUT2D eigenvalue weighted by atomic mass is 16.3. The van der Waals surface area contributed by atoms with Gasteiger partial charge in [0.1, 0.15) is 11.5 Å². The SMILES string of the molecule is CC(NC(=O)c1cc(O)cc(O)c1)C1CCCCN1. The standard InChI is InChI=1S/C14H20N2O3/c1-9(13-4-2-3-5-15-13)16-14(19)10-6-11(17)8-12(18)7-10/h6-9,13,15,17-18H,2-5H2,1H3,(H,16,19). The summed E-state index contributed by atoms with van der Waals surface area (Å²) in [6.07, 6.45) is 3.40. The molecule has 0 saturated carbocycles. The van der Waals surface area contributed by atoms with Crippen molar-refractivity contribution >= 4 is 5.91 Å². The monoisotopic (exact) mass is 264 g/mol. The number of hydrogen-bond donors (Lipinski definition) is 4. The number of amides is 1. The Balaban J connectivity index is 1.99. The lowest BCUT2D eigenvalue weighted by Crippen LogP contribution is -2.50. The van der Waals surface area contributed by atoms with Gasteiger partial charge in [-0.05, 0) is 38.4 Å². The van der Waals surface area contributed by atoms with Crippen molar-refractivity contribution in [2.75, 3.05) is 6.54 Å². The van der Waals surface area contributed by atoms with Crippen LogP contribution in [-0.4, -0.2) is 34.7 Å². The largest absolute Gasteiger partial charge is 0.508 e. The van der Waals surface area contributed by atoms with Gasteiger partial charge in [-0.3, -0.25) is 4.79 Å². The van der Waals surface area contributed by atoms with Gasteiger partial charge in [0.25, 0.3) is 5.91 Å². The number of aromatic hydroxyl groups is 2. The van der Waals surface area contributed by atoms with Crippen LogP contribution < -0.4 is 10.6 Å². The molecule has 0 spiro atoms. The summed E-state index contributed by atoms with van der Waals surface area (Å²) in [7, 11) is 0. The van der Waals surface area contributed by atoms with Gasteiger partial charge in [-0.1, -0.05) is 6.42 Å². The third-order valence-corrected chi connectivity index (χ3v) is 3.48. The summed E-state index contributed by atoms with van der Waals surface area (Å²) >= 11 is 0. The molecule has 1 aliphatic rings. The molecule has 2 atom stereocenters. The molecule has 1 heterocycles. The zero-order chi connectivity index (χ0) is 13.8. The van der Waals surface area contributed by atoms with Crippen LogP contribution in [0, 0.1) is 0 Å². The molecule has 0 aliphatic carbocycles. The van der Waals surface area contributed by atoms with Crippen molar-refractivity contribution in [3.05, 3.63) is 23.8 Å². The highest BCUT2D eigenvalue weighted by Gasteiger charge is 2.21. The number of nitrogens with one attached hydrogen (secondary N) is 2. The Kier molecular flexibility index (Phi) is 4.27. The van der Waals surface area contributed by atoms with E-state index in [9.17, 15) is 15.0 Å². The number of hydrogen-bond acceptors (Lipinski definition) is 4. The smallest absolute Gasteiger partial charge is 0.251 e. The summed E-state index contributed by atoms with van der Waals surface area (Å²) in [4.78, 5) is 12.0. The number of phenolic OH excluding ortho intramolecular Hbond substituents is 2. The minimum absolute atomic E-state index is 0.0114. The maximum absolute atomic E-state index is 12.0. The first kappa shape index (κ1) is 13.7. The first-order chi connectivity index (χ1) is 9.06. The fraction of sp³-hybridized carbons (Fsp3) is 0.500. The van der Waals surface area contributed by atoms with Gasteiger partial charge >= 0.3 is 0 Å². The molecule has 5 heteroatoms. The van der Waals surface area contributed by atoms with Crippen LogP contribution in [0.1, 0.15) is 36.5 Å². The molecule has 2 unspecified atom stereocenters. The minimum atomic E-state index is -0.286. The third kappa shape index (κ3) is 3.61. The van der Waals surface area contributed by atoms with Gasteiger partial charge in [-0.25, -0.2) is 0 Å². The second-order valence-corrected chi connectivity index (χ2v) is 5.06. The Hall–Kier alpha value is -1.75. The van der Waals surface area contributed by atoms with Crippen molar-refractivity contribution in [1.29, 1.82) is 0 Å². The van der Waals surface area contributed by atoms with E-state index in [-0.39, 0.29) is 35.1 Å². The Morgan fingerprint density at radius 1 is 1.32 bits per heavy atom. The summed E-state index contributed by atoms with van der Waals surface area (Å²) in [5.74, 6) is -0.520. The quantitative estimate of drug-likeness (QED) is 0.664. The second-order valence-electron chi connectivity index (χ2n) is 5.06. The molecule has 2 rings (SSSR count). The van der Waals surface area contributed by atoms with E-state index < -0.39 is 0 Å². The molecule has 19 heavy (non-hydrogen) atoms. The van der Waals surface area contributed by atoms with E-state index in [1.165, 1.54) is 31.0 Å². The zero-order valence-electron chi connectivity index (χ0n) is 11.0. The summed E-state index contributed by atoms with van der Waals surface area (Å²) in [5, 5.41) is 25.0. The number of phenols is 2. The molecule has 4 N–H and O–H groups in total. The Bertz CT molecular complexity index is 436. The van der Waals surface area contributed by atoms with Gasteiger partial charge in [0.15, 0.2) is 0 Å². The second kappa shape index (κ2) is 5.93. The lowest BCUT2D eigenvalue weighted by atomic mass is 9.99. The van der Waals surface area contributed by atoms with Crippen molar-refractivity contribution in [2.45, 2.75) is 38.3 Å². The van der Waals surface area contributed by atoms with Crippen molar-refractivity contribution in [2.24, 2.45) is 0 Å². The van der Waals surface area contributed by atoms with Crippen LogP contribution in [-0.2, 0) is 0 Å². The van der Waals surface area contributed by atoms with Crippen molar-refractivity contribution in [3.8, 4) is 11.5 Å². The molecule has 1 fully saturated rings. The Morgan fingerprint density at radius 2 is 2.00 bits per heavy atom. The van der Waals surface area contributed by atoms with Gasteiger partial charge in [0.05, 0.1) is 0 Å². The number of carbonyl (C=O) groups is 1. The predicted octanol–water partition coefficient (Wildman–Crippen LogP) is 1.36. The molecule has 104 valence electrons. The third-order valence-electron chi connectivity index (χ3n) is 3.48. The Morgan fingerprint density at radius 3 is 2.58 bits per heavy atom. The average molecular weight is 264 g/mol. The highest BCUT2D eigenvalue weighted by Crippen LogP contribution is 2.20. The van der Waals surface area contributed by atoms with Crippen molar-refractivity contribution in [3.63, 3.8) is 0 Å². The molecule has 1 aliphatic heterocycles. The molecule has 1 aromatic carbocycles. The average Bonchev–Trinajstić information content (AvgIpc) is 2.38. The maximum atomic E-state index is 12.0. The van der Waals surface area contributed by atoms with E-state index >= 15 is 0 Å². The lowest BCUT2D eigenvalue weighted by molar-refractivity contribution is 0.0927. The first-order valence-corrected chi connectivity index (χ1v) is 6.63. The molecule has 0 aromatic heterocycles. The van der Waals surface area contributed by atoms with Gasteiger partial charge in [-0.15, -0.1) is 0 Å². The predicted molar refractivity (Wildman–Crippen MR) is 72.3 cm³/mol. The first-order valence-electron chi connectivity index (χ1n) is 6.63. The maximum Gasteiger partial charge on any atom is 0.251 e. The van der Waals surface area contributed by atoms with E-state index in [0.717, 1.165) is 13.0 Å². The summed E-state index contributed by atoms with van der Waals surface area (Å²) in [5.41, 5.74) is 0.264. The van der Waals surface area contributed by atoms with Crippen LogP contribution in [0.2, 0.25) is 0 Å². The van der Waals surface area contributed by atoms with Crippen molar-refractivity contribution < 1.29 is 15.0 Å². The number of benzene rings is 1. The van der Waals surface area contributed by atoms with Crippen LogP contribution >= 0.6 is 0 Å². The fourth-order valence-electron chi connectivity index (χ4n) is 2.42. The molecule has 5 nitrogen and oxygen atoms in total. The summed E-state index contributed by atoms with van der Waals surface area (Å²) in [6.45, 7) is 2.95. The van der Waals surface area contributed by atoms with Gasteiger partial charge < -0.3 is 20.8 Å². The number of carbonyl (C=O) groups excluding carboxylic acids is 1. The number of piperidine rings is 1. The van der Waals surface area contributed by atoms with Crippen LogP contribution in [0.15, 0.2) is 18.2 Å². The van der Waals surface area contributed by atoms with Crippen LogP contribution in [0.5, 0.6) is 11.5 Å². The fourth-order valence-corrected chi connectivity index (χ4v) is 2.42. The highest BCUT2D eigenvalue weighted by molar-refractivity contribution is 5.95. The van der Waals surface area contributed by atoms with Crippen molar-refractivity contribution in [1.82, 2.24) is 10.6 Å². The van der Waals surface area contributed by atoms with E-state index in [1.54, 1.807) is 0 Å². The van der Waals surface area contributed by atoms with E-state index in [0.29, 0.717) is 0 Å². The molecule has 1 aromatic rings. The topological polar surface area (TPSA) is 81.6 Å². The van der Waals surface area contributed by atoms with E-state index in [1.807, 2.05) is 6.92 Å². The minimum Gasteiger partial charge on any atom is -0.508 e. The van der Waals surface area contributed by atoms with Gasteiger partial charge in [-0.2, -0.15) is 0 Å². The van der Waals surface area contributed by atoms with Gasteiger partial charge in [0, 0.05) is 23.7 Å². The summed E-state index contributed by atoms with van der Waals surface area (Å²) in [6, 6.07) is 4.18.